The van der Waals surface area contributed by atoms with Gasteiger partial charge in [-0.1, -0.05) is 140 Å². The van der Waals surface area contributed by atoms with Gasteiger partial charge in [-0.25, -0.2) is 9.97 Å². The Morgan fingerprint density at radius 2 is 0.893 bits per heavy atom. The van der Waals surface area contributed by atoms with Crippen LogP contribution in [-0.4, -0.2) is 9.97 Å². The van der Waals surface area contributed by atoms with Gasteiger partial charge < -0.3 is 8.83 Å². The van der Waals surface area contributed by atoms with Crippen LogP contribution in [0.3, 0.4) is 0 Å². The van der Waals surface area contributed by atoms with Crippen molar-refractivity contribution in [2.75, 3.05) is 0 Å². The molecule has 0 saturated carbocycles. The Bertz CT molecular complexity index is 3520. The molecule has 260 valence electrons. The van der Waals surface area contributed by atoms with Crippen molar-refractivity contribution in [3.05, 3.63) is 182 Å². The summed E-state index contributed by atoms with van der Waals surface area (Å²) in [5.41, 5.74) is 11.3. The summed E-state index contributed by atoms with van der Waals surface area (Å²) in [6, 6.07) is 64.0. The zero-order chi connectivity index (χ0) is 36.7. The van der Waals surface area contributed by atoms with E-state index in [1.807, 2.05) is 48.5 Å². The Hall–Kier alpha value is -7.56. The molecule has 0 aliphatic carbocycles. The fraction of sp³-hybridized carbons (Fsp3) is 0. The highest BCUT2D eigenvalue weighted by molar-refractivity contribution is 6.29. The Balaban J connectivity index is 1.11. The first-order chi connectivity index (χ1) is 27.7. The van der Waals surface area contributed by atoms with Gasteiger partial charge in [0, 0.05) is 27.3 Å². The average Bonchev–Trinajstić information content (AvgIpc) is 3.84. The van der Waals surface area contributed by atoms with Gasteiger partial charge in [-0.2, -0.15) is 0 Å². The molecule has 9 aromatic carbocycles. The Morgan fingerprint density at radius 1 is 0.321 bits per heavy atom. The molecule has 0 aliphatic heterocycles. The molecule has 0 bridgehead atoms. The molecule has 56 heavy (non-hydrogen) atoms. The summed E-state index contributed by atoms with van der Waals surface area (Å²) in [5, 5.41) is 10.5. The average molecular weight is 715 g/mol. The van der Waals surface area contributed by atoms with Crippen LogP contribution in [0, 0.1) is 0 Å². The molecule has 0 spiro atoms. The number of benzene rings is 9. The number of rotatable bonds is 4. The van der Waals surface area contributed by atoms with Crippen molar-refractivity contribution in [2.24, 2.45) is 0 Å². The standard InChI is InChI=1S/C52H30N2O2/c1-2-12-33(13-3-1)49-51-50(42-19-9-11-21-46(42)56-51)54-52(53-49)35-28-43(48-41-18-7-6-15-37(41)36-14-4-5-16-38(36)44(48)29-35)32-24-22-31(23-25-32)34-26-27-40-39-17-8-10-20-45(39)55-47(40)30-34/h1-30H. The van der Waals surface area contributed by atoms with Crippen LogP contribution in [0.5, 0.6) is 0 Å². The number of para-hydroxylation sites is 2. The molecule has 0 aliphatic rings. The van der Waals surface area contributed by atoms with Crippen molar-refractivity contribution < 1.29 is 8.83 Å². The second kappa shape index (κ2) is 12.0. The van der Waals surface area contributed by atoms with E-state index in [1.54, 1.807) is 0 Å². The molecule has 4 nitrogen and oxygen atoms in total. The molecule has 12 rings (SSSR count). The second-order valence-corrected chi connectivity index (χ2v) is 14.5. The summed E-state index contributed by atoms with van der Waals surface area (Å²) in [4.78, 5) is 10.6. The van der Waals surface area contributed by atoms with Crippen molar-refractivity contribution in [3.63, 3.8) is 0 Å². The van der Waals surface area contributed by atoms with Crippen LogP contribution < -0.4 is 0 Å². The fourth-order valence-corrected chi connectivity index (χ4v) is 8.65. The van der Waals surface area contributed by atoms with Gasteiger partial charge in [-0.3, -0.25) is 0 Å². The van der Waals surface area contributed by atoms with E-state index in [2.05, 4.69) is 133 Å². The van der Waals surface area contributed by atoms with Crippen LogP contribution in [0.4, 0.5) is 0 Å². The molecule has 0 atom stereocenters. The molecule has 0 unspecified atom stereocenters. The lowest BCUT2D eigenvalue weighted by Crippen LogP contribution is -1.95. The van der Waals surface area contributed by atoms with Crippen molar-refractivity contribution in [1.29, 1.82) is 0 Å². The minimum Gasteiger partial charge on any atom is -0.456 e. The molecule has 0 amide bonds. The largest absolute Gasteiger partial charge is 0.456 e. The molecule has 0 fully saturated rings. The molecule has 4 heteroatoms. The lowest BCUT2D eigenvalue weighted by Gasteiger charge is -2.17. The number of fused-ring (bicyclic) bond motifs is 12. The Morgan fingerprint density at radius 3 is 1.66 bits per heavy atom. The van der Waals surface area contributed by atoms with Crippen molar-refractivity contribution in [1.82, 2.24) is 9.97 Å². The fourth-order valence-electron chi connectivity index (χ4n) is 8.65. The zero-order valence-electron chi connectivity index (χ0n) is 30.0. The van der Waals surface area contributed by atoms with E-state index in [4.69, 9.17) is 18.8 Å². The first-order valence-electron chi connectivity index (χ1n) is 18.9. The third-order valence-electron chi connectivity index (χ3n) is 11.3. The molecule has 3 heterocycles. The van der Waals surface area contributed by atoms with Crippen molar-refractivity contribution >= 4 is 76.3 Å². The summed E-state index contributed by atoms with van der Waals surface area (Å²) < 4.78 is 12.7. The van der Waals surface area contributed by atoms with E-state index < -0.39 is 0 Å². The van der Waals surface area contributed by atoms with E-state index in [0.717, 1.165) is 82.9 Å². The van der Waals surface area contributed by atoms with Crippen molar-refractivity contribution in [3.8, 4) is 44.9 Å². The molecule has 3 aromatic heterocycles. The molecular weight excluding hydrogens is 685 g/mol. The number of aromatic nitrogens is 2. The minimum atomic E-state index is 0.652. The van der Waals surface area contributed by atoms with E-state index >= 15 is 0 Å². The van der Waals surface area contributed by atoms with Gasteiger partial charge in [-0.15, -0.1) is 0 Å². The maximum Gasteiger partial charge on any atom is 0.180 e. The van der Waals surface area contributed by atoms with Crippen LogP contribution in [-0.2, 0) is 0 Å². The van der Waals surface area contributed by atoms with Gasteiger partial charge in [0.2, 0.25) is 0 Å². The van der Waals surface area contributed by atoms with Crippen LogP contribution in [0.25, 0.3) is 121 Å². The maximum atomic E-state index is 6.45. The van der Waals surface area contributed by atoms with E-state index in [9.17, 15) is 0 Å². The SMILES string of the molecule is c1ccc(-c2nc(-c3cc(-c4ccc(-c5ccc6c(c5)oc5ccccc56)cc4)c4c5ccccc5c5ccccc5c4c3)nc3c2oc2ccccc23)cc1. The third kappa shape index (κ3) is 4.66. The van der Waals surface area contributed by atoms with E-state index in [0.29, 0.717) is 11.4 Å². The van der Waals surface area contributed by atoms with Gasteiger partial charge in [0.1, 0.15) is 28.0 Å². The monoisotopic (exact) mass is 714 g/mol. The minimum absolute atomic E-state index is 0.652. The lowest BCUT2D eigenvalue weighted by molar-refractivity contribution is 0.667. The number of nitrogens with zero attached hydrogens (tertiary/aromatic N) is 2. The summed E-state index contributed by atoms with van der Waals surface area (Å²) >= 11 is 0. The van der Waals surface area contributed by atoms with Gasteiger partial charge >= 0.3 is 0 Å². The first-order valence-corrected chi connectivity index (χ1v) is 18.9. The predicted octanol–water partition coefficient (Wildman–Crippen LogP) is 14.4. The van der Waals surface area contributed by atoms with Gasteiger partial charge in [0.25, 0.3) is 0 Å². The highest BCUT2D eigenvalue weighted by Crippen LogP contribution is 2.44. The molecule has 12 aromatic rings. The predicted molar refractivity (Wildman–Crippen MR) is 231 cm³/mol. The third-order valence-corrected chi connectivity index (χ3v) is 11.3. The number of hydrogen-bond acceptors (Lipinski definition) is 4. The summed E-state index contributed by atoms with van der Waals surface area (Å²) in [6.07, 6.45) is 0. The quantitative estimate of drug-likeness (QED) is 0.170. The molecule has 0 radical (unpaired) electrons. The van der Waals surface area contributed by atoms with Gasteiger partial charge in [-0.05, 0) is 97.0 Å². The van der Waals surface area contributed by atoms with E-state index in [1.165, 1.54) is 26.9 Å². The molecular formula is C52H30N2O2. The highest BCUT2D eigenvalue weighted by Gasteiger charge is 2.21. The van der Waals surface area contributed by atoms with Crippen molar-refractivity contribution in [2.45, 2.75) is 0 Å². The highest BCUT2D eigenvalue weighted by atomic mass is 16.3. The molecule has 0 saturated heterocycles. The van der Waals surface area contributed by atoms with Crippen LogP contribution in [0.15, 0.2) is 191 Å². The summed E-state index contributed by atoms with van der Waals surface area (Å²) in [5.74, 6) is 0.652. The maximum absolute atomic E-state index is 6.45. The zero-order valence-corrected chi connectivity index (χ0v) is 30.0. The van der Waals surface area contributed by atoms with E-state index in [-0.39, 0.29) is 0 Å². The van der Waals surface area contributed by atoms with Crippen LogP contribution >= 0.6 is 0 Å². The summed E-state index contributed by atoms with van der Waals surface area (Å²) in [6.45, 7) is 0. The van der Waals surface area contributed by atoms with Gasteiger partial charge in [0.15, 0.2) is 11.4 Å². The smallest absolute Gasteiger partial charge is 0.180 e. The first kappa shape index (κ1) is 30.9. The van der Waals surface area contributed by atoms with Gasteiger partial charge in [0.05, 0.1) is 0 Å². The Labute approximate surface area is 320 Å². The number of furan rings is 2. The van der Waals surface area contributed by atoms with Crippen LogP contribution in [0.1, 0.15) is 0 Å². The van der Waals surface area contributed by atoms with Crippen LogP contribution in [0.2, 0.25) is 0 Å². The lowest BCUT2D eigenvalue weighted by atomic mass is 9.87. The number of hydrogen-bond donors (Lipinski definition) is 0. The Kier molecular flexibility index (Phi) is 6.60. The second-order valence-electron chi connectivity index (χ2n) is 14.5. The molecule has 0 N–H and O–H groups in total. The summed E-state index contributed by atoms with van der Waals surface area (Å²) in [7, 11) is 0. The normalized spacial score (nSPS) is 11.9. The topological polar surface area (TPSA) is 52.1 Å².